The minimum atomic E-state index is -3.87. The molecule has 0 aliphatic heterocycles. The average molecular weight is 575 g/mol. The highest BCUT2D eigenvalue weighted by atomic mass is 35.5. The summed E-state index contributed by atoms with van der Waals surface area (Å²) in [6.45, 7) is 2.70. The molecule has 36 heavy (non-hydrogen) atoms. The van der Waals surface area contributed by atoms with E-state index in [0.717, 1.165) is 36.2 Å². The molecule has 0 saturated heterocycles. The first-order valence-corrected chi connectivity index (χ1v) is 14.6. The van der Waals surface area contributed by atoms with Crippen LogP contribution in [0.15, 0.2) is 36.4 Å². The quantitative estimate of drug-likeness (QED) is 0.446. The summed E-state index contributed by atoms with van der Waals surface area (Å²) in [5.74, 6) is -0.895. The number of amides is 2. The summed E-state index contributed by atoms with van der Waals surface area (Å²) in [7, 11) is -3.87. The van der Waals surface area contributed by atoms with Crippen molar-refractivity contribution >= 4 is 62.3 Å². The lowest BCUT2D eigenvalue weighted by atomic mass is 10.1. The Hall–Kier alpha value is -2.00. The van der Waals surface area contributed by atoms with E-state index in [4.69, 9.17) is 34.8 Å². The van der Waals surface area contributed by atoms with Gasteiger partial charge >= 0.3 is 0 Å². The minimum absolute atomic E-state index is 0.0578. The SMILES string of the molecule is Cc1c(Cl)cccc1N(CC(=O)N(Cc1c(Cl)cccc1Cl)[C@H](C)C(=O)NC1CCCC1)S(C)(=O)=O. The fourth-order valence-electron chi connectivity index (χ4n) is 4.29. The number of nitrogens with one attached hydrogen (secondary N) is 1. The van der Waals surface area contributed by atoms with Crippen LogP contribution >= 0.6 is 34.8 Å². The van der Waals surface area contributed by atoms with Gasteiger partial charge in [-0.3, -0.25) is 13.9 Å². The summed E-state index contributed by atoms with van der Waals surface area (Å²) >= 11 is 19.0. The van der Waals surface area contributed by atoms with Crippen molar-refractivity contribution in [3.8, 4) is 0 Å². The highest BCUT2D eigenvalue weighted by Crippen LogP contribution is 2.30. The molecule has 2 aromatic carbocycles. The zero-order valence-electron chi connectivity index (χ0n) is 20.4. The molecule has 0 spiro atoms. The number of halogens is 3. The monoisotopic (exact) mass is 573 g/mol. The van der Waals surface area contributed by atoms with Gasteiger partial charge in [0.1, 0.15) is 12.6 Å². The second kappa shape index (κ2) is 12.0. The van der Waals surface area contributed by atoms with Crippen LogP contribution in [0.3, 0.4) is 0 Å². The Morgan fingerprint density at radius 1 is 1.03 bits per heavy atom. The first-order valence-electron chi connectivity index (χ1n) is 11.7. The average Bonchev–Trinajstić information content (AvgIpc) is 3.31. The maximum atomic E-state index is 13.7. The minimum Gasteiger partial charge on any atom is -0.352 e. The maximum Gasteiger partial charge on any atom is 0.244 e. The first kappa shape index (κ1) is 28.6. The zero-order valence-corrected chi connectivity index (χ0v) is 23.5. The Labute approximate surface area is 227 Å². The first-order chi connectivity index (χ1) is 16.9. The molecule has 11 heteroatoms. The molecule has 2 aromatic rings. The van der Waals surface area contributed by atoms with Crippen molar-refractivity contribution in [3.63, 3.8) is 0 Å². The number of nitrogens with zero attached hydrogens (tertiary/aromatic N) is 2. The number of carbonyl (C=O) groups excluding carboxylic acids is 2. The van der Waals surface area contributed by atoms with Gasteiger partial charge in [0, 0.05) is 33.2 Å². The van der Waals surface area contributed by atoms with E-state index in [0.29, 0.717) is 26.2 Å². The van der Waals surface area contributed by atoms with Crippen LogP contribution in [0, 0.1) is 6.92 Å². The Morgan fingerprint density at radius 3 is 2.17 bits per heavy atom. The highest BCUT2D eigenvalue weighted by molar-refractivity contribution is 7.92. The normalized spacial score (nSPS) is 14.9. The van der Waals surface area contributed by atoms with Gasteiger partial charge in [0.2, 0.25) is 21.8 Å². The predicted octanol–water partition coefficient (Wildman–Crippen LogP) is 5.20. The molecule has 0 aromatic heterocycles. The second-order valence-electron chi connectivity index (χ2n) is 9.04. The van der Waals surface area contributed by atoms with Gasteiger partial charge in [-0.05, 0) is 56.5 Å². The van der Waals surface area contributed by atoms with E-state index in [1.54, 1.807) is 50.2 Å². The van der Waals surface area contributed by atoms with Crippen LogP contribution in [0.4, 0.5) is 5.69 Å². The van der Waals surface area contributed by atoms with Crippen molar-refractivity contribution in [3.05, 3.63) is 62.6 Å². The van der Waals surface area contributed by atoms with Crippen molar-refractivity contribution in [1.29, 1.82) is 0 Å². The number of sulfonamides is 1. The molecule has 1 aliphatic carbocycles. The Morgan fingerprint density at radius 2 is 1.58 bits per heavy atom. The van der Waals surface area contributed by atoms with Crippen molar-refractivity contribution in [1.82, 2.24) is 10.2 Å². The van der Waals surface area contributed by atoms with Crippen LogP contribution in [0.1, 0.15) is 43.7 Å². The summed E-state index contributed by atoms with van der Waals surface area (Å²) in [4.78, 5) is 28.2. The van der Waals surface area contributed by atoms with Gasteiger partial charge < -0.3 is 10.2 Å². The molecule has 0 unspecified atom stereocenters. The zero-order chi connectivity index (χ0) is 26.6. The Balaban J connectivity index is 1.96. The third-order valence-electron chi connectivity index (χ3n) is 6.45. The summed E-state index contributed by atoms with van der Waals surface area (Å²) in [6.07, 6.45) is 4.88. The fourth-order valence-corrected chi connectivity index (χ4v) is 5.88. The topological polar surface area (TPSA) is 86.8 Å². The lowest BCUT2D eigenvalue weighted by molar-refractivity contribution is -0.139. The van der Waals surface area contributed by atoms with Gasteiger partial charge in [-0.1, -0.05) is 59.8 Å². The largest absolute Gasteiger partial charge is 0.352 e. The van der Waals surface area contributed by atoms with Gasteiger partial charge in [0.25, 0.3) is 0 Å². The number of hydrogen-bond acceptors (Lipinski definition) is 4. The molecule has 196 valence electrons. The van der Waals surface area contributed by atoms with Crippen molar-refractivity contribution < 1.29 is 18.0 Å². The van der Waals surface area contributed by atoms with E-state index in [1.807, 2.05) is 0 Å². The van der Waals surface area contributed by atoms with E-state index in [9.17, 15) is 18.0 Å². The number of hydrogen-bond donors (Lipinski definition) is 1. The lowest BCUT2D eigenvalue weighted by Gasteiger charge is -2.32. The molecule has 0 radical (unpaired) electrons. The van der Waals surface area contributed by atoms with E-state index < -0.39 is 28.5 Å². The Bertz CT molecular complexity index is 1210. The number of anilines is 1. The molecule has 0 heterocycles. The van der Waals surface area contributed by atoms with Gasteiger partial charge in [0.15, 0.2) is 0 Å². The molecule has 1 N–H and O–H groups in total. The number of benzene rings is 2. The van der Waals surface area contributed by atoms with Crippen molar-refractivity contribution in [2.45, 2.75) is 58.2 Å². The predicted molar refractivity (Wildman–Crippen MR) is 145 cm³/mol. The van der Waals surface area contributed by atoms with Crippen LogP contribution in [0.2, 0.25) is 15.1 Å². The van der Waals surface area contributed by atoms with E-state index in [1.165, 1.54) is 4.90 Å². The molecule has 3 rings (SSSR count). The molecule has 1 fully saturated rings. The van der Waals surface area contributed by atoms with Gasteiger partial charge in [-0.2, -0.15) is 0 Å². The van der Waals surface area contributed by atoms with E-state index >= 15 is 0 Å². The second-order valence-corrected chi connectivity index (χ2v) is 12.2. The smallest absolute Gasteiger partial charge is 0.244 e. The highest BCUT2D eigenvalue weighted by Gasteiger charge is 2.32. The molecule has 2 amide bonds. The molecule has 0 bridgehead atoms. The third-order valence-corrected chi connectivity index (χ3v) is 8.69. The van der Waals surface area contributed by atoms with Gasteiger partial charge in [-0.15, -0.1) is 0 Å². The van der Waals surface area contributed by atoms with Crippen LogP contribution in [0.25, 0.3) is 0 Å². The molecular formula is C25H30Cl3N3O4S. The van der Waals surface area contributed by atoms with Crippen molar-refractivity contribution in [2.75, 3.05) is 17.1 Å². The van der Waals surface area contributed by atoms with E-state index in [2.05, 4.69) is 5.32 Å². The summed E-state index contributed by atoms with van der Waals surface area (Å²) in [5.41, 5.74) is 1.28. The standard InChI is InChI=1S/C25H30Cl3N3O4S/c1-16-20(26)10-7-13-23(16)31(36(3,34)35)15-24(32)30(14-19-21(27)11-6-12-22(19)28)17(2)25(33)29-18-8-4-5-9-18/h6-7,10-13,17-18H,4-5,8-9,14-15H2,1-3H3,(H,29,33)/t17-/m1/s1. The third kappa shape index (κ3) is 6.85. The number of rotatable bonds is 9. The fraction of sp³-hybridized carbons (Fsp3) is 0.440. The van der Waals surface area contributed by atoms with Crippen molar-refractivity contribution in [2.24, 2.45) is 0 Å². The van der Waals surface area contributed by atoms with Gasteiger partial charge in [0.05, 0.1) is 11.9 Å². The summed E-state index contributed by atoms with van der Waals surface area (Å²) in [6, 6.07) is 8.98. The lowest BCUT2D eigenvalue weighted by Crippen LogP contribution is -2.52. The van der Waals surface area contributed by atoms with E-state index in [-0.39, 0.29) is 24.2 Å². The Kier molecular flexibility index (Phi) is 9.55. The summed E-state index contributed by atoms with van der Waals surface area (Å²) < 4.78 is 26.5. The molecule has 7 nitrogen and oxygen atoms in total. The molecular weight excluding hydrogens is 545 g/mol. The molecule has 1 atom stereocenters. The molecule has 1 aliphatic rings. The van der Waals surface area contributed by atoms with Crippen LogP contribution in [0.5, 0.6) is 0 Å². The van der Waals surface area contributed by atoms with Gasteiger partial charge in [-0.25, -0.2) is 8.42 Å². The number of carbonyl (C=O) groups is 2. The summed E-state index contributed by atoms with van der Waals surface area (Å²) in [5, 5.41) is 4.07. The van der Waals surface area contributed by atoms with Crippen LogP contribution in [-0.4, -0.2) is 50.0 Å². The van der Waals surface area contributed by atoms with Crippen LogP contribution < -0.4 is 9.62 Å². The van der Waals surface area contributed by atoms with Crippen LogP contribution in [-0.2, 0) is 26.2 Å². The molecule has 1 saturated carbocycles. The maximum absolute atomic E-state index is 13.7.